The van der Waals surface area contributed by atoms with E-state index in [0.29, 0.717) is 35.1 Å². The molecule has 0 aliphatic carbocycles. The number of carbonyl (C=O) groups is 1. The van der Waals surface area contributed by atoms with Crippen LogP contribution in [0.3, 0.4) is 0 Å². The molecule has 3 N–H and O–H groups in total. The van der Waals surface area contributed by atoms with Gasteiger partial charge in [-0.15, -0.1) is 10.2 Å². The smallest absolute Gasteiger partial charge is 0.296 e. The van der Waals surface area contributed by atoms with E-state index in [-0.39, 0.29) is 32.7 Å². The van der Waals surface area contributed by atoms with Crippen LogP contribution in [0.25, 0.3) is 10.8 Å². The predicted molar refractivity (Wildman–Crippen MR) is 151 cm³/mol. The molecule has 0 unspecified atom stereocenters. The van der Waals surface area contributed by atoms with E-state index >= 15 is 0 Å². The first-order valence-electron chi connectivity index (χ1n) is 11.7. The molecule has 4 aromatic carbocycles. The SMILES string of the molecule is CCOc1ccc(Cl)c(NC(=O)c2cc3ccccc3c(N=Nc3ccc(CC)c(S(=O)(=O)O)c3Cl)c2O)c1. The number of hydrogen-bond acceptors (Lipinski definition) is 7. The van der Waals surface area contributed by atoms with E-state index in [2.05, 4.69) is 15.5 Å². The van der Waals surface area contributed by atoms with E-state index in [9.17, 15) is 22.9 Å². The van der Waals surface area contributed by atoms with Crippen LogP contribution in [0.15, 0.2) is 75.8 Å². The zero-order valence-electron chi connectivity index (χ0n) is 20.8. The number of phenolic OH excluding ortho intramolecular Hbond substituents is 1. The largest absolute Gasteiger partial charge is 0.505 e. The standard InChI is InChI=1S/C27H23Cl2N3O6S/c1-3-15-9-12-21(23(29)26(15)39(35,36)37)31-32-24-18-8-6-5-7-16(18)13-19(25(24)33)27(34)30-22-14-17(38-4-2)10-11-20(22)28/h5-14,33H,3-4H2,1-2H3,(H,30,34)(H,35,36,37). The molecule has 4 rings (SSSR count). The topological polar surface area (TPSA) is 138 Å². The Balaban J connectivity index is 1.80. The molecular weight excluding hydrogens is 565 g/mol. The normalized spacial score (nSPS) is 11.7. The molecule has 0 heterocycles. The Labute approximate surface area is 234 Å². The molecule has 12 heteroatoms. The summed E-state index contributed by atoms with van der Waals surface area (Å²) in [5.74, 6) is -0.628. The number of aromatic hydroxyl groups is 1. The molecule has 0 aromatic heterocycles. The van der Waals surface area contributed by atoms with Crippen LogP contribution in [0, 0.1) is 0 Å². The van der Waals surface area contributed by atoms with Crippen molar-refractivity contribution in [3.05, 3.63) is 81.8 Å². The van der Waals surface area contributed by atoms with Gasteiger partial charge in [0.05, 0.1) is 27.9 Å². The lowest BCUT2D eigenvalue weighted by Crippen LogP contribution is -2.12. The maximum atomic E-state index is 13.2. The summed E-state index contributed by atoms with van der Waals surface area (Å²) in [4.78, 5) is 12.8. The molecule has 39 heavy (non-hydrogen) atoms. The third kappa shape index (κ3) is 5.99. The number of halogens is 2. The van der Waals surface area contributed by atoms with Gasteiger partial charge in [0.25, 0.3) is 16.0 Å². The number of aryl methyl sites for hydroxylation is 1. The van der Waals surface area contributed by atoms with E-state index < -0.39 is 26.7 Å². The Kier molecular flexibility index (Phi) is 8.41. The number of ether oxygens (including phenoxy) is 1. The molecule has 0 aliphatic rings. The minimum atomic E-state index is -4.64. The molecule has 0 spiro atoms. The fraction of sp³-hybridized carbons (Fsp3) is 0.148. The van der Waals surface area contributed by atoms with Gasteiger partial charge in [0.1, 0.15) is 22.0 Å². The van der Waals surface area contributed by atoms with Gasteiger partial charge in [0.15, 0.2) is 5.75 Å². The van der Waals surface area contributed by atoms with Gasteiger partial charge >= 0.3 is 0 Å². The molecule has 202 valence electrons. The quantitative estimate of drug-likeness (QED) is 0.142. The molecule has 0 fully saturated rings. The number of nitrogens with zero attached hydrogens (tertiary/aromatic N) is 2. The lowest BCUT2D eigenvalue weighted by molar-refractivity contribution is 0.102. The Morgan fingerprint density at radius 1 is 1.03 bits per heavy atom. The average Bonchev–Trinajstić information content (AvgIpc) is 2.89. The van der Waals surface area contributed by atoms with Crippen molar-refractivity contribution in [2.45, 2.75) is 25.2 Å². The summed E-state index contributed by atoms with van der Waals surface area (Å²) < 4.78 is 39.0. The van der Waals surface area contributed by atoms with Crippen molar-refractivity contribution in [1.82, 2.24) is 0 Å². The van der Waals surface area contributed by atoms with Crippen LogP contribution in [-0.4, -0.2) is 30.6 Å². The van der Waals surface area contributed by atoms with E-state index in [4.69, 9.17) is 27.9 Å². The van der Waals surface area contributed by atoms with Crippen LogP contribution < -0.4 is 10.1 Å². The van der Waals surface area contributed by atoms with Crippen LogP contribution in [-0.2, 0) is 16.5 Å². The third-order valence-electron chi connectivity index (χ3n) is 5.79. The van der Waals surface area contributed by atoms with Crippen LogP contribution in [0.1, 0.15) is 29.8 Å². The first kappa shape index (κ1) is 28.3. The summed E-state index contributed by atoms with van der Waals surface area (Å²) in [7, 11) is -4.64. The van der Waals surface area contributed by atoms with Crippen LogP contribution in [0.2, 0.25) is 10.0 Å². The molecule has 0 saturated carbocycles. The monoisotopic (exact) mass is 587 g/mol. The van der Waals surface area contributed by atoms with Gasteiger partial charge in [-0.2, -0.15) is 8.42 Å². The summed E-state index contributed by atoms with van der Waals surface area (Å²) in [6.07, 6.45) is 0.298. The second-order valence-corrected chi connectivity index (χ2v) is 10.4. The summed E-state index contributed by atoms with van der Waals surface area (Å²) in [5, 5.41) is 23.0. The predicted octanol–water partition coefficient (Wildman–Crippen LogP) is 7.73. The minimum Gasteiger partial charge on any atom is -0.505 e. The minimum absolute atomic E-state index is 0.0449. The number of nitrogens with one attached hydrogen (secondary N) is 1. The first-order chi connectivity index (χ1) is 18.5. The maximum absolute atomic E-state index is 13.2. The highest BCUT2D eigenvalue weighted by Crippen LogP contribution is 2.41. The number of benzene rings is 4. The van der Waals surface area contributed by atoms with Gasteiger partial charge in [-0.25, -0.2) is 0 Å². The summed E-state index contributed by atoms with van der Waals surface area (Å²) in [5.41, 5.74) is 0.381. The lowest BCUT2D eigenvalue weighted by Gasteiger charge is -2.13. The average molecular weight is 588 g/mol. The van der Waals surface area contributed by atoms with Crippen molar-refractivity contribution in [3.8, 4) is 11.5 Å². The highest BCUT2D eigenvalue weighted by Gasteiger charge is 2.23. The van der Waals surface area contributed by atoms with Gasteiger partial charge < -0.3 is 15.2 Å². The number of rotatable bonds is 8. The van der Waals surface area contributed by atoms with Crippen molar-refractivity contribution in [2.75, 3.05) is 11.9 Å². The van der Waals surface area contributed by atoms with E-state index in [0.717, 1.165) is 0 Å². The summed E-state index contributed by atoms with van der Waals surface area (Å²) in [6.45, 7) is 3.96. The van der Waals surface area contributed by atoms with Gasteiger partial charge in [-0.05, 0) is 48.6 Å². The number of phenols is 1. The van der Waals surface area contributed by atoms with Gasteiger partial charge in [-0.3, -0.25) is 9.35 Å². The molecule has 1 amide bonds. The Bertz CT molecular complexity index is 1720. The number of anilines is 1. The van der Waals surface area contributed by atoms with Crippen molar-refractivity contribution in [2.24, 2.45) is 10.2 Å². The van der Waals surface area contributed by atoms with Gasteiger partial charge in [0, 0.05) is 11.5 Å². The first-order valence-corrected chi connectivity index (χ1v) is 13.9. The number of amides is 1. The Hall–Kier alpha value is -3.70. The number of carbonyl (C=O) groups excluding carboxylic acids is 1. The molecule has 0 bridgehead atoms. The van der Waals surface area contributed by atoms with Crippen molar-refractivity contribution >= 4 is 67.1 Å². The van der Waals surface area contributed by atoms with E-state index in [1.54, 1.807) is 49.4 Å². The second-order valence-electron chi connectivity index (χ2n) is 8.29. The Morgan fingerprint density at radius 3 is 2.46 bits per heavy atom. The zero-order valence-corrected chi connectivity index (χ0v) is 23.1. The van der Waals surface area contributed by atoms with E-state index in [1.807, 2.05) is 6.92 Å². The van der Waals surface area contributed by atoms with Gasteiger partial charge in [-0.1, -0.05) is 60.5 Å². The zero-order chi connectivity index (χ0) is 28.3. The number of hydrogen-bond donors (Lipinski definition) is 3. The van der Waals surface area contributed by atoms with Crippen molar-refractivity contribution in [1.29, 1.82) is 0 Å². The molecule has 0 atom stereocenters. The van der Waals surface area contributed by atoms with Crippen LogP contribution >= 0.6 is 23.2 Å². The molecule has 0 aliphatic heterocycles. The fourth-order valence-electron chi connectivity index (χ4n) is 3.96. The summed E-state index contributed by atoms with van der Waals surface area (Å²) in [6, 6.07) is 16.1. The van der Waals surface area contributed by atoms with Crippen LogP contribution in [0.5, 0.6) is 11.5 Å². The molecule has 9 nitrogen and oxygen atoms in total. The molecule has 0 radical (unpaired) electrons. The van der Waals surface area contributed by atoms with E-state index in [1.165, 1.54) is 18.2 Å². The molecule has 0 saturated heterocycles. The highest BCUT2D eigenvalue weighted by atomic mass is 35.5. The molecule has 4 aromatic rings. The highest BCUT2D eigenvalue weighted by molar-refractivity contribution is 7.86. The van der Waals surface area contributed by atoms with Crippen molar-refractivity contribution < 1.29 is 27.6 Å². The third-order valence-corrected chi connectivity index (χ3v) is 7.60. The van der Waals surface area contributed by atoms with Gasteiger partial charge in [0.2, 0.25) is 0 Å². The maximum Gasteiger partial charge on any atom is 0.296 e. The summed E-state index contributed by atoms with van der Waals surface area (Å²) >= 11 is 12.5. The van der Waals surface area contributed by atoms with Crippen LogP contribution in [0.4, 0.5) is 17.1 Å². The second kappa shape index (κ2) is 11.6. The lowest BCUT2D eigenvalue weighted by atomic mass is 10.0. The molecular formula is C27H23Cl2N3O6S. The Morgan fingerprint density at radius 2 is 1.77 bits per heavy atom. The fourth-order valence-corrected chi connectivity index (χ4v) is 5.52. The number of fused-ring (bicyclic) bond motifs is 1. The van der Waals surface area contributed by atoms with Crippen molar-refractivity contribution in [3.63, 3.8) is 0 Å². The number of azo groups is 1.